The van der Waals surface area contributed by atoms with Gasteiger partial charge in [-0.1, -0.05) is 158 Å². The van der Waals surface area contributed by atoms with Gasteiger partial charge in [0, 0.05) is 27.6 Å². The first-order chi connectivity index (χ1) is 32.0. The number of allylic oxidation sites excluding steroid dienone is 3. The van der Waals surface area contributed by atoms with Gasteiger partial charge in [0.1, 0.15) is 5.66 Å². The Balaban J connectivity index is 0.897. The Labute approximate surface area is 377 Å². The fraction of sp³-hybridized carbons (Fsp3) is 0.111. The maximum absolute atomic E-state index is 2.78. The molecule has 65 heavy (non-hydrogen) atoms. The third-order valence-electron chi connectivity index (χ3n) is 15.8. The van der Waals surface area contributed by atoms with Crippen LogP contribution in [0.5, 0.6) is 0 Å². The standard InChI is InChI=1S/C63H44N2/c1-63(2)64-58-29-25-43(42-21-19-37-11-3-5-13-40(37)31-42)33-56(58)50-27-23-39-24-28-51-57-34-45(26-30-59(57)65(63)62(51)60(39)61(50)64)53-36-55-48-17-9-7-15-46(48)52(35-54(55)49-18-10-8-16-47(49)53)44-22-20-38-12-4-6-14-41(38)32-44/h3-29,31,33-36,44,59H,30,32H2,1-2H3. The Hall–Kier alpha value is -7.68. The van der Waals surface area contributed by atoms with Crippen LogP contribution < -0.4 is 4.90 Å². The summed E-state index contributed by atoms with van der Waals surface area (Å²) in [6.45, 7) is 4.89. The third-order valence-corrected chi connectivity index (χ3v) is 15.8. The van der Waals surface area contributed by atoms with Crippen LogP contribution in [-0.2, 0) is 12.1 Å². The monoisotopic (exact) mass is 828 g/mol. The second kappa shape index (κ2) is 12.7. The van der Waals surface area contributed by atoms with E-state index < -0.39 is 0 Å². The lowest BCUT2D eigenvalue weighted by Gasteiger charge is -2.47. The molecule has 2 heteroatoms. The fourth-order valence-corrected chi connectivity index (χ4v) is 12.9. The maximum atomic E-state index is 2.78. The first kappa shape index (κ1) is 35.7. The van der Waals surface area contributed by atoms with E-state index in [0.29, 0.717) is 5.92 Å². The van der Waals surface area contributed by atoms with Crippen molar-refractivity contribution in [3.63, 3.8) is 0 Å². The van der Waals surface area contributed by atoms with Gasteiger partial charge >= 0.3 is 0 Å². The largest absolute Gasteiger partial charge is 0.340 e. The van der Waals surface area contributed by atoms with E-state index in [9.17, 15) is 0 Å². The highest BCUT2D eigenvalue weighted by Gasteiger charge is 2.48. The molecule has 4 aliphatic rings. The fourth-order valence-electron chi connectivity index (χ4n) is 12.9. The Bertz CT molecular complexity index is 4060. The summed E-state index contributed by atoms with van der Waals surface area (Å²) < 4.78 is 2.67. The van der Waals surface area contributed by atoms with Gasteiger partial charge in [-0.05, 0) is 156 Å². The zero-order chi connectivity index (χ0) is 42.7. The van der Waals surface area contributed by atoms with Gasteiger partial charge in [0.05, 0.1) is 22.8 Å². The van der Waals surface area contributed by atoms with E-state index in [1.165, 1.54) is 131 Å². The highest BCUT2D eigenvalue weighted by molar-refractivity contribution is 6.26. The molecule has 0 amide bonds. The maximum Gasteiger partial charge on any atom is 0.112 e. The summed E-state index contributed by atoms with van der Waals surface area (Å²) in [6.07, 6.45) is 11.8. The van der Waals surface area contributed by atoms with Gasteiger partial charge in [-0.3, -0.25) is 0 Å². The summed E-state index contributed by atoms with van der Waals surface area (Å²) in [5.41, 5.74) is 15.9. The minimum Gasteiger partial charge on any atom is -0.340 e. The number of anilines is 1. The molecule has 2 atom stereocenters. The molecular formula is C63H44N2. The lowest BCUT2D eigenvalue weighted by molar-refractivity contribution is 0.339. The summed E-state index contributed by atoms with van der Waals surface area (Å²) in [5, 5.41) is 15.9. The van der Waals surface area contributed by atoms with Gasteiger partial charge in [0.25, 0.3) is 0 Å². The normalized spacial score (nSPS) is 18.1. The van der Waals surface area contributed by atoms with Crippen molar-refractivity contribution < 1.29 is 0 Å². The molecule has 0 saturated heterocycles. The molecule has 2 aliphatic heterocycles. The van der Waals surface area contributed by atoms with Gasteiger partial charge in [0.2, 0.25) is 0 Å². The molecule has 306 valence electrons. The first-order valence-electron chi connectivity index (χ1n) is 23.4. The van der Waals surface area contributed by atoms with Crippen LogP contribution in [0.1, 0.15) is 54.0 Å². The molecule has 3 heterocycles. The summed E-state index contributed by atoms with van der Waals surface area (Å²) >= 11 is 0. The number of hydrogen-bond acceptors (Lipinski definition) is 1. The van der Waals surface area contributed by atoms with Gasteiger partial charge < -0.3 is 9.47 Å². The van der Waals surface area contributed by atoms with Crippen LogP contribution >= 0.6 is 0 Å². The smallest absolute Gasteiger partial charge is 0.112 e. The molecule has 0 fully saturated rings. The molecule has 1 aromatic heterocycles. The molecule has 0 saturated carbocycles. The molecule has 15 rings (SSSR count). The number of rotatable bonds is 3. The van der Waals surface area contributed by atoms with Crippen molar-refractivity contribution in [3.8, 4) is 11.1 Å². The molecule has 2 aliphatic carbocycles. The molecule has 10 aromatic carbocycles. The van der Waals surface area contributed by atoms with Gasteiger partial charge in [-0.2, -0.15) is 0 Å². The Morgan fingerprint density at radius 3 is 2.14 bits per heavy atom. The third kappa shape index (κ3) is 4.79. The minimum absolute atomic E-state index is 0.232. The van der Waals surface area contributed by atoms with E-state index >= 15 is 0 Å². The van der Waals surface area contributed by atoms with E-state index in [2.05, 4.69) is 217 Å². The highest BCUT2D eigenvalue weighted by atomic mass is 15.4. The molecule has 2 nitrogen and oxygen atoms in total. The second-order valence-corrected chi connectivity index (χ2v) is 19.5. The van der Waals surface area contributed by atoms with Crippen LogP contribution in [0.2, 0.25) is 0 Å². The Morgan fingerprint density at radius 2 is 1.25 bits per heavy atom. The zero-order valence-corrected chi connectivity index (χ0v) is 36.4. The van der Waals surface area contributed by atoms with Crippen molar-refractivity contribution >= 4 is 98.6 Å². The summed E-state index contributed by atoms with van der Waals surface area (Å²) in [4.78, 5) is 2.78. The van der Waals surface area contributed by atoms with Gasteiger partial charge in [-0.25, -0.2) is 0 Å². The Morgan fingerprint density at radius 1 is 0.538 bits per heavy atom. The van der Waals surface area contributed by atoms with Crippen molar-refractivity contribution in [2.45, 2.75) is 44.3 Å². The average Bonchev–Trinajstić information content (AvgIpc) is 3.89. The number of fused-ring (bicyclic) bond motifs is 13. The summed E-state index contributed by atoms with van der Waals surface area (Å²) in [6, 6.07) is 64.6. The zero-order valence-electron chi connectivity index (χ0n) is 36.4. The van der Waals surface area contributed by atoms with E-state index in [4.69, 9.17) is 0 Å². The van der Waals surface area contributed by atoms with Crippen molar-refractivity contribution in [1.29, 1.82) is 0 Å². The Kier molecular flexibility index (Phi) is 7.01. The molecule has 2 unspecified atom stereocenters. The summed E-state index contributed by atoms with van der Waals surface area (Å²) in [5.74, 6) is 0.322. The number of hydrogen-bond donors (Lipinski definition) is 0. The highest BCUT2D eigenvalue weighted by Crippen LogP contribution is 2.58. The lowest BCUT2D eigenvalue weighted by Crippen LogP contribution is -2.51. The number of aromatic nitrogens is 1. The minimum atomic E-state index is -0.310. The molecule has 0 bridgehead atoms. The van der Waals surface area contributed by atoms with Crippen molar-refractivity contribution in [1.82, 2.24) is 4.57 Å². The second-order valence-electron chi connectivity index (χ2n) is 19.5. The van der Waals surface area contributed by atoms with Crippen LogP contribution in [0.4, 0.5) is 5.69 Å². The molecule has 11 aromatic rings. The SMILES string of the molecule is CC1(C)N2c3c(ccc4ccc5c6cc(-c7ccc8ccccc8c7)ccc6n1c5c34)C1=CC(c3cc4c5ccccc5c(C5C=Cc6ccccc6C5)cc4c4ccccc34)=CCC12. The van der Waals surface area contributed by atoms with Gasteiger partial charge in [0.15, 0.2) is 0 Å². The van der Waals surface area contributed by atoms with Crippen LogP contribution in [0, 0.1) is 0 Å². The molecule has 0 spiro atoms. The van der Waals surface area contributed by atoms with Crippen molar-refractivity contribution in [3.05, 3.63) is 216 Å². The van der Waals surface area contributed by atoms with Crippen molar-refractivity contribution in [2.24, 2.45) is 0 Å². The predicted molar refractivity (Wildman–Crippen MR) is 277 cm³/mol. The van der Waals surface area contributed by atoms with Gasteiger partial charge in [-0.15, -0.1) is 0 Å². The topological polar surface area (TPSA) is 8.17 Å². The van der Waals surface area contributed by atoms with E-state index in [0.717, 1.165) is 12.8 Å². The van der Waals surface area contributed by atoms with Crippen LogP contribution in [0.25, 0.3) is 104 Å². The predicted octanol–water partition coefficient (Wildman–Crippen LogP) is 16.3. The summed E-state index contributed by atoms with van der Waals surface area (Å²) in [7, 11) is 0. The van der Waals surface area contributed by atoms with Crippen LogP contribution in [0.3, 0.4) is 0 Å². The van der Waals surface area contributed by atoms with Crippen LogP contribution in [0.15, 0.2) is 188 Å². The van der Waals surface area contributed by atoms with E-state index in [-0.39, 0.29) is 11.7 Å². The van der Waals surface area contributed by atoms with Crippen molar-refractivity contribution in [2.75, 3.05) is 4.90 Å². The van der Waals surface area contributed by atoms with E-state index in [1.807, 2.05) is 0 Å². The quantitative estimate of drug-likeness (QED) is 0.161. The molecular weight excluding hydrogens is 785 g/mol. The van der Waals surface area contributed by atoms with E-state index in [1.54, 1.807) is 0 Å². The number of benzene rings is 10. The average molecular weight is 829 g/mol. The number of nitrogens with zero attached hydrogens (tertiary/aromatic N) is 2. The first-order valence-corrected chi connectivity index (χ1v) is 23.4. The lowest BCUT2D eigenvalue weighted by atomic mass is 9.80. The molecule has 0 N–H and O–H groups in total. The van der Waals surface area contributed by atoms with Crippen LogP contribution in [-0.4, -0.2) is 10.6 Å². The molecule has 0 radical (unpaired) electrons.